The Kier molecular flexibility index (Phi) is 3.19. The lowest BCUT2D eigenvalue weighted by Crippen LogP contribution is -2.35. The summed E-state index contributed by atoms with van der Waals surface area (Å²) in [6.45, 7) is 4.86. The lowest BCUT2D eigenvalue weighted by Gasteiger charge is -2.19. The minimum Gasteiger partial charge on any atom is -0.380 e. The minimum absolute atomic E-state index is 0.451. The molecule has 0 spiro atoms. The molecule has 13 heavy (non-hydrogen) atoms. The van der Waals surface area contributed by atoms with Gasteiger partial charge in [0.25, 0.3) is 0 Å². The lowest BCUT2D eigenvalue weighted by molar-refractivity contribution is 0.116. The summed E-state index contributed by atoms with van der Waals surface area (Å²) in [6, 6.07) is 0.669. The molecule has 0 aliphatic carbocycles. The van der Waals surface area contributed by atoms with Crippen LogP contribution in [0.25, 0.3) is 0 Å². The molecular weight excluding hydrogens is 164 g/mol. The third-order valence-corrected chi connectivity index (χ3v) is 3.19. The maximum absolute atomic E-state index is 5.32. The molecule has 0 radical (unpaired) electrons. The highest BCUT2D eigenvalue weighted by Crippen LogP contribution is 2.14. The molecule has 2 saturated heterocycles. The highest BCUT2D eigenvalue weighted by molar-refractivity contribution is 4.85. The smallest absolute Gasteiger partial charge is 0.0711 e. The first-order valence-electron chi connectivity index (χ1n) is 5.37. The van der Waals surface area contributed by atoms with Crippen molar-refractivity contribution in [1.29, 1.82) is 0 Å². The molecule has 0 unspecified atom stereocenters. The third-order valence-electron chi connectivity index (χ3n) is 3.19. The maximum atomic E-state index is 5.32. The second-order valence-corrected chi connectivity index (χ2v) is 4.21. The van der Waals surface area contributed by atoms with Gasteiger partial charge in [-0.3, -0.25) is 0 Å². The second-order valence-electron chi connectivity index (χ2n) is 4.21. The summed E-state index contributed by atoms with van der Waals surface area (Å²) in [5.41, 5.74) is 0. The van der Waals surface area contributed by atoms with E-state index >= 15 is 0 Å². The molecule has 1 N–H and O–H groups in total. The zero-order chi connectivity index (χ0) is 9.10. The van der Waals surface area contributed by atoms with Crippen molar-refractivity contribution in [2.75, 3.05) is 33.3 Å². The number of methoxy groups -OCH3 is 1. The molecular formula is C10H20N2O. The van der Waals surface area contributed by atoms with Crippen molar-refractivity contribution in [2.24, 2.45) is 0 Å². The molecule has 2 heterocycles. The number of nitrogens with zero attached hydrogens (tertiary/aromatic N) is 1. The Balaban J connectivity index is 1.70. The van der Waals surface area contributed by atoms with Gasteiger partial charge in [-0.15, -0.1) is 0 Å². The molecule has 0 aromatic carbocycles. The first-order valence-corrected chi connectivity index (χ1v) is 5.37. The average molecular weight is 184 g/mol. The molecule has 76 valence electrons. The first kappa shape index (κ1) is 9.44. The zero-order valence-corrected chi connectivity index (χ0v) is 8.46. The van der Waals surface area contributed by atoms with Crippen molar-refractivity contribution < 1.29 is 4.74 Å². The van der Waals surface area contributed by atoms with Crippen LogP contribution in [0.1, 0.15) is 19.3 Å². The summed E-state index contributed by atoms with van der Waals surface area (Å²) >= 11 is 0. The minimum atomic E-state index is 0.451. The topological polar surface area (TPSA) is 24.5 Å². The van der Waals surface area contributed by atoms with Crippen molar-refractivity contribution in [1.82, 2.24) is 10.2 Å². The Hall–Kier alpha value is -0.120. The second kappa shape index (κ2) is 4.40. The predicted octanol–water partition coefficient (Wildman–Crippen LogP) is 0.459. The van der Waals surface area contributed by atoms with Gasteiger partial charge in [0.15, 0.2) is 0 Å². The fraction of sp³-hybridized carbons (Fsp3) is 1.00. The Morgan fingerprint density at radius 1 is 1.38 bits per heavy atom. The van der Waals surface area contributed by atoms with E-state index in [0.29, 0.717) is 12.1 Å². The molecule has 3 nitrogen and oxygen atoms in total. The highest BCUT2D eigenvalue weighted by atomic mass is 16.5. The normalized spacial score (nSPS) is 35.8. The van der Waals surface area contributed by atoms with Crippen molar-refractivity contribution in [3.63, 3.8) is 0 Å². The van der Waals surface area contributed by atoms with Crippen LogP contribution in [0.4, 0.5) is 0 Å². The highest BCUT2D eigenvalue weighted by Gasteiger charge is 2.26. The summed E-state index contributed by atoms with van der Waals surface area (Å²) in [6.07, 6.45) is 4.42. The van der Waals surface area contributed by atoms with Gasteiger partial charge in [0.1, 0.15) is 0 Å². The van der Waals surface area contributed by atoms with Crippen LogP contribution >= 0.6 is 0 Å². The molecule has 0 bridgehead atoms. The fourth-order valence-electron chi connectivity index (χ4n) is 2.38. The van der Waals surface area contributed by atoms with E-state index in [1.807, 2.05) is 7.11 Å². The molecule has 2 rings (SSSR count). The number of hydrogen-bond donors (Lipinski definition) is 1. The van der Waals surface area contributed by atoms with Crippen LogP contribution in [0, 0.1) is 0 Å². The van der Waals surface area contributed by atoms with E-state index in [2.05, 4.69) is 10.2 Å². The van der Waals surface area contributed by atoms with E-state index in [1.54, 1.807) is 0 Å². The van der Waals surface area contributed by atoms with Gasteiger partial charge in [0.05, 0.1) is 6.10 Å². The van der Waals surface area contributed by atoms with Crippen LogP contribution in [0.15, 0.2) is 0 Å². The molecule has 0 aromatic heterocycles. The zero-order valence-electron chi connectivity index (χ0n) is 8.46. The van der Waals surface area contributed by atoms with Crippen LogP contribution in [-0.4, -0.2) is 50.3 Å². The molecule has 3 heteroatoms. The van der Waals surface area contributed by atoms with Crippen molar-refractivity contribution in [2.45, 2.75) is 31.4 Å². The first-order chi connectivity index (χ1) is 6.38. The Morgan fingerprint density at radius 2 is 2.15 bits per heavy atom. The van der Waals surface area contributed by atoms with Crippen molar-refractivity contribution in [3.8, 4) is 0 Å². The van der Waals surface area contributed by atoms with Gasteiger partial charge in [0, 0.05) is 26.2 Å². The van der Waals surface area contributed by atoms with Crippen LogP contribution < -0.4 is 5.32 Å². The monoisotopic (exact) mass is 184 g/mol. The number of ether oxygens (including phenoxy) is 1. The van der Waals surface area contributed by atoms with E-state index in [1.165, 1.54) is 38.9 Å². The quantitative estimate of drug-likeness (QED) is 0.689. The molecule has 0 amide bonds. The molecule has 2 aliphatic heterocycles. The van der Waals surface area contributed by atoms with Crippen molar-refractivity contribution >= 4 is 0 Å². The fourth-order valence-corrected chi connectivity index (χ4v) is 2.38. The Morgan fingerprint density at radius 3 is 2.77 bits per heavy atom. The average Bonchev–Trinajstić information content (AvgIpc) is 2.76. The number of likely N-dealkylation sites (tertiary alicyclic amines) is 1. The largest absolute Gasteiger partial charge is 0.380 e. The van der Waals surface area contributed by atoms with Gasteiger partial charge >= 0.3 is 0 Å². The van der Waals surface area contributed by atoms with Gasteiger partial charge in [-0.1, -0.05) is 0 Å². The van der Waals surface area contributed by atoms with E-state index in [0.717, 1.165) is 6.54 Å². The summed E-state index contributed by atoms with van der Waals surface area (Å²) < 4.78 is 5.32. The van der Waals surface area contributed by atoms with E-state index in [9.17, 15) is 0 Å². The number of rotatable bonds is 3. The van der Waals surface area contributed by atoms with Crippen LogP contribution in [-0.2, 0) is 4.74 Å². The molecule has 0 aromatic rings. The summed E-state index contributed by atoms with van der Waals surface area (Å²) in [5, 5.41) is 3.52. The molecule has 2 aliphatic rings. The number of nitrogens with one attached hydrogen (secondary N) is 1. The summed E-state index contributed by atoms with van der Waals surface area (Å²) in [4.78, 5) is 2.57. The van der Waals surface area contributed by atoms with Crippen LogP contribution in [0.5, 0.6) is 0 Å². The standard InChI is InChI=1S/C10H20N2O/c1-13-10-6-9(11-7-10)8-12-4-2-3-5-12/h9-11H,2-8H2,1H3/t9-,10-/m1/s1. The van der Waals surface area contributed by atoms with Gasteiger partial charge in [-0.25, -0.2) is 0 Å². The van der Waals surface area contributed by atoms with Crippen LogP contribution in [0.3, 0.4) is 0 Å². The van der Waals surface area contributed by atoms with Gasteiger partial charge in [-0.05, 0) is 32.4 Å². The van der Waals surface area contributed by atoms with Gasteiger partial charge < -0.3 is 15.0 Å². The predicted molar refractivity (Wildman–Crippen MR) is 52.9 cm³/mol. The van der Waals surface area contributed by atoms with Crippen molar-refractivity contribution in [3.05, 3.63) is 0 Å². The van der Waals surface area contributed by atoms with E-state index < -0.39 is 0 Å². The third kappa shape index (κ3) is 2.42. The molecule has 0 saturated carbocycles. The van der Waals surface area contributed by atoms with Gasteiger partial charge in [0.2, 0.25) is 0 Å². The summed E-state index contributed by atoms with van der Waals surface area (Å²) in [5.74, 6) is 0. The SMILES string of the molecule is CO[C@H]1CN[C@@H](CN2CCCC2)C1. The Bertz CT molecular complexity index is 157. The molecule has 2 atom stereocenters. The molecule has 2 fully saturated rings. The number of hydrogen-bond acceptors (Lipinski definition) is 3. The Labute approximate surface area is 80.4 Å². The maximum Gasteiger partial charge on any atom is 0.0711 e. The van der Waals surface area contributed by atoms with E-state index in [-0.39, 0.29) is 0 Å². The summed E-state index contributed by atoms with van der Waals surface area (Å²) in [7, 11) is 1.81. The lowest BCUT2D eigenvalue weighted by atomic mass is 10.2. The van der Waals surface area contributed by atoms with E-state index in [4.69, 9.17) is 4.74 Å². The van der Waals surface area contributed by atoms with Gasteiger partial charge in [-0.2, -0.15) is 0 Å². The van der Waals surface area contributed by atoms with Crippen LogP contribution in [0.2, 0.25) is 0 Å².